The molecule has 110 valence electrons. The highest BCUT2D eigenvalue weighted by atomic mass is 17.0. The van der Waals surface area contributed by atoms with Gasteiger partial charge in [0.2, 0.25) is 0 Å². The van der Waals surface area contributed by atoms with Gasteiger partial charge in [-0.1, -0.05) is 0 Å². The lowest BCUT2D eigenvalue weighted by Crippen LogP contribution is -2.68. The van der Waals surface area contributed by atoms with Crippen LogP contribution in [0.3, 0.4) is 0 Å². The van der Waals surface area contributed by atoms with E-state index in [0.717, 1.165) is 0 Å². The van der Waals surface area contributed by atoms with Crippen LogP contribution in [0.5, 0.6) is 0 Å². The van der Waals surface area contributed by atoms with Gasteiger partial charge in [0, 0.05) is 11.1 Å². The number of piperidine rings is 1. The second-order valence-corrected chi connectivity index (χ2v) is 5.58. The fraction of sp³-hybridized carbons (Fsp3) is 1.00. The Labute approximate surface area is 109 Å². The maximum atomic E-state index is 12.2. The van der Waals surface area contributed by atoms with E-state index in [4.69, 9.17) is 0 Å². The molecular weight excluding hydrogens is 262 g/mol. The molecule has 19 heavy (non-hydrogen) atoms. The molecule has 0 aromatic carbocycles. The molecule has 10 nitrogen and oxygen atoms in total. The summed E-state index contributed by atoms with van der Waals surface area (Å²) < 4.78 is 0. The van der Waals surface area contributed by atoms with Crippen molar-refractivity contribution in [2.45, 2.75) is 57.4 Å². The summed E-state index contributed by atoms with van der Waals surface area (Å²) in [4.78, 5) is 29.8. The van der Waals surface area contributed by atoms with Gasteiger partial charge in [-0.15, -0.1) is 20.2 Å². The fourth-order valence-electron chi connectivity index (χ4n) is 2.53. The van der Waals surface area contributed by atoms with E-state index < -0.39 is 33.5 Å². The smallest absolute Gasteiger partial charge is 0.294 e. The molecule has 2 atom stereocenters. The minimum Gasteiger partial charge on any atom is -0.784 e. The summed E-state index contributed by atoms with van der Waals surface area (Å²) >= 11 is 0. The minimum atomic E-state index is -1.35. The van der Waals surface area contributed by atoms with Gasteiger partial charge >= 0.3 is 0 Å². The molecule has 0 radical (unpaired) electrons. The van der Waals surface area contributed by atoms with Crippen molar-refractivity contribution in [1.29, 1.82) is 0 Å². The van der Waals surface area contributed by atoms with E-state index in [0.29, 0.717) is 5.06 Å². The summed E-state index contributed by atoms with van der Waals surface area (Å²) in [6.45, 7) is 6.01. The summed E-state index contributed by atoms with van der Waals surface area (Å²) in [5.74, 6) is 0. The average Bonchev–Trinajstić information content (AvgIpc) is 2.20. The summed E-state index contributed by atoms with van der Waals surface area (Å²) in [6, 6.07) is 0. The Morgan fingerprint density at radius 3 is 2.00 bits per heavy atom. The van der Waals surface area contributed by atoms with Crippen LogP contribution in [0.1, 0.15) is 34.1 Å². The molecule has 1 rings (SSSR count). The Hall–Kier alpha value is -1.68. The zero-order valence-corrected chi connectivity index (χ0v) is 11.1. The van der Waals surface area contributed by atoms with Crippen molar-refractivity contribution in [3.8, 4) is 0 Å². The predicted molar refractivity (Wildman–Crippen MR) is 61.7 cm³/mol. The normalized spacial score (nSPS) is 29.5. The molecule has 1 saturated heterocycles. The first kappa shape index (κ1) is 15.4. The topological polar surface area (TPSA) is 131 Å². The number of nitrogens with zero attached hydrogens (tertiary/aromatic N) is 3. The van der Waals surface area contributed by atoms with Crippen molar-refractivity contribution in [3.63, 3.8) is 0 Å². The number of hydrogen-bond acceptors (Lipinski definition) is 8. The Bertz CT molecular complexity index is 384. The highest BCUT2D eigenvalue weighted by Gasteiger charge is 2.51. The van der Waals surface area contributed by atoms with Crippen molar-refractivity contribution < 1.29 is 19.8 Å². The monoisotopic (exact) mass is 278 g/mol. The van der Waals surface area contributed by atoms with E-state index in [9.17, 15) is 25.4 Å². The van der Waals surface area contributed by atoms with Crippen molar-refractivity contribution in [3.05, 3.63) is 25.4 Å². The quantitative estimate of drug-likeness (QED) is 0.547. The lowest BCUT2D eigenvalue weighted by molar-refractivity contribution is -0.803. The summed E-state index contributed by atoms with van der Waals surface area (Å²) in [5, 5.41) is 31.7. The molecule has 0 aromatic heterocycles. The average molecular weight is 278 g/mol. The maximum Gasteiger partial charge on any atom is 0.294 e. The van der Waals surface area contributed by atoms with Crippen molar-refractivity contribution in [2.75, 3.05) is 0 Å². The predicted octanol–water partition coefficient (Wildman–Crippen LogP) is 0.901. The molecule has 1 fully saturated rings. The van der Waals surface area contributed by atoms with Gasteiger partial charge in [0.1, 0.15) is 6.10 Å². The van der Waals surface area contributed by atoms with Gasteiger partial charge in [0.15, 0.2) is 6.10 Å². The van der Waals surface area contributed by atoms with E-state index in [-0.39, 0.29) is 6.42 Å². The van der Waals surface area contributed by atoms with Crippen LogP contribution in [0.25, 0.3) is 0 Å². The molecule has 0 saturated carbocycles. The Morgan fingerprint density at radius 1 is 1.11 bits per heavy atom. The van der Waals surface area contributed by atoms with Gasteiger partial charge in [-0.2, -0.15) is 0 Å². The lowest BCUT2D eigenvalue weighted by Gasteiger charge is -2.61. The highest BCUT2D eigenvalue weighted by molar-refractivity contribution is 5.06. The van der Waals surface area contributed by atoms with Crippen LogP contribution in [0.15, 0.2) is 0 Å². The van der Waals surface area contributed by atoms with Crippen LogP contribution in [0, 0.1) is 25.4 Å². The minimum absolute atomic E-state index is 0.0561. The van der Waals surface area contributed by atoms with Gasteiger partial charge < -0.3 is 19.9 Å². The number of hydroxylamine groups is 2. The molecule has 0 N–H and O–H groups in total. The second-order valence-electron chi connectivity index (χ2n) is 5.58. The van der Waals surface area contributed by atoms with E-state index in [1.807, 2.05) is 0 Å². The maximum absolute atomic E-state index is 12.2. The van der Waals surface area contributed by atoms with Gasteiger partial charge in [-0.05, 0) is 34.1 Å². The van der Waals surface area contributed by atoms with Crippen molar-refractivity contribution in [1.82, 2.24) is 5.06 Å². The number of hydrogen-bond donors (Lipinski definition) is 0. The zero-order valence-electron chi connectivity index (χ0n) is 11.1. The third kappa shape index (κ3) is 3.01. The molecule has 0 spiro atoms. The Kier molecular flexibility index (Phi) is 3.87. The van der Waals surface area contributed by atoms with Crippen molar-refractivity contribution in [2.24, 2.45) is 0 Å². The van der Waals surface area contributed by atoms with Crippen LogP contribution < -0.4 is 0 Å². The van der Waals surface area contributed by atoms with Crippen LogP contribution in [0.2, 0.25) is 0 Å². The zero-order chi connectivity index (χ0) is 15.0. The van der Waals surface area contributed by atoms with Gasteiger partial charge in [-0.25, -0.2) is 0 Å². The summed E-state index contributed by atoms with van der Waals surface area (Å²) in [6.07, 6.45) is -2.59. The van der Waals surface area contributed by atoms with E-state index in [2.05, 4.69) is 9.68 Å². The molecule has 1 heterocycles. The molecule has 10 heteroatoms. The summed E-state index contributed by atoms with van der Waals surface area (Å²) in [7, 11) is 0. The third-order valence-corrected chi connectivity index (χ3v) is 3.23. The molecule has 0 bridgehead atoms. The molecular formula is C9H16N3O7-. The molecule has 0 aromatic rings. The lowest BCUT2D eigenvalue weighted by atomic mass is 9.78. The number of rotatable bonds is 4. The van der Waals surface area contributed by atoms with Gasteiger partial charge in [0.05, 0.1) is 0 Å². The fourth-order valence-corrected chi connectivity index (χ4v) is 2.53. The highest BCUT2D eigenvalue weighted by Crippen LogP contribution is 2.40. The molecule has 2 unspecified atom stereocenters. The van der Waals surface area contributed by atoms with E-state index in [1.165, 1.54) is 13.8 Å². The first-order chi connectivity index (χ1) is 8.48. The van der Waals surface area contributed by atoms with Crippen LogP contribution in [0.4, 0.5) is 0 Å². The Balaban J connectivity index is 3.11. The first-order valence-corrected chi connectivity index (χ1v) is 5.58. The van der Waals surface area contributed by atoms with Gasteiger partial charge in [0.25, 0.3) is 10.2 Å². The van der Waals surface area contributed by atoms with Crippen LogP contribution in [-0.4, -0.2) is 38.5 Å². The molecule has 1 aliphatic rings. The second kappa shape index (κ2) is 4.78. The van der Waals surface area contributed by atoms with Crippen LogP contribution in [-0.2, 0) is 9.68 Å². The van der Waals surface area contributed by atoms with E-state index >= 15 is 0 Å². The summed E-state index contributed by atoms with van der Waals surface area (Å²) in [5.41, 5.74) is -2.30. The SMILES string of the molecule is CC1(C)CC(O[N+](=O)[O-])C(O[N+](=O)[O-])C(C)(C)N1[O-]. The van der Waals surface area contributed by atoms with Gasteiger partial charge in [-0.3, -0.25) is 0 Å². The molecule has 0 amide bonds. The standard InChI is InChI=1S/C9H16N3O7/c1-8(2)5-6(18-11(14)15)7(19-12(16)17)9(3,4)10(8)13/h6-7H,5H2,1-4H3/q-1. The molecule has 1 aliphatic heterocycles. The first-order valence-electron chi connectivity index (χ1n) is 5.58. The largest absolute Gasteiger partial charge is 0.784 e. The third-order valence-electron chi connectivity index (χ3n) is 3.23. The van der Waals surface area contributed by atoms with E-state index in [1.54, 1.807) is 13.8 Å². The Morgan fingerprint density at radius 2 is 1.58 bits per heavy atom. The van der Waals surface area contributed by atoms with Crippen molar-refractivity contribution >= 4 is 0 Å². The molecule has 0 aliphatic carbocycles. The van der Waals surface area contributed by atoms with Crippen LogP contribution >= 0.6 is 0 Å².